The molecule has 1 aromatic heterocycles. The number of aliphatic hydroxyl groups excluding tert-OH is 1. The summed E-state index contributed by atoms with van der Waals surface area (Å²) in [6.45, 7) is 1.33. The lowest BCUT2D eigenvalue weighted by atomic mass is 10.2. The van der Waals surface area contributed by atoms with Gasteiger partial charge in [-0.1, -0.05) is 41.4 Å². The molecule has 108 valence electrons. The minimum absolute atomic E-state index is 0.0127. The highest BCUT2D eigenvalue weighted by Gasteiger charge is 2.25. The van der Waals surface area contributed by atoms with Gasteiger partial charge in [0, 0.05) is 11.9 Å². The van der Waals surface area contributed by atoms with Crippen LogP contribution in [-0.4, -0.2) is 31.2 Å². The summed E-state index contributed by atoms with van der Waals surface area (Å²) in [5.41, 5.74) is 0.511. The van der Waals surface area contributed by atoms with E-state index in [9.17, 15) is 8.42 Å². The lowest BCUT2D eigenvalue weighted by Crippen LogP contribution is -2.31. The molecule has 0 amide bonds. The second-order valence-electron chi connectivity index (χ2n) is 4.26. The summed E-state index contributed by atoms with van der Waals surface area (Å²) < 4.78 is 26.6. The Kier molecular flexibility index (Phi) is 4.51. The SMILES string of the molecule is CC(O)CNS(=O)(=O)c1c(Cl)nc2ccccc2c1Cl. The fourth-order valence-electron chi connectivity index (χ4n) is 1.66. The highest BCUT2D eigenvalue weighted by Crippen LogP contribution is 2.33. The number of nitrogens with one attached hydrogen (secondary N) is 1. The van der Waals surface area contributed by atoms with Crippen LogP contribution in [-0.2, 0) is 10.0 Å². The van der Waals surface area contributed by atoms with Gasteiger partial charge in [0.1, 0.15) is 4.90 Å². The molecule has 0 aliphatic rings. The summed E-state index contributed by atoms with van der Waals surface area (Å²) >= 11 is 12.1. The smallest absolute Gasteiger partial charge is 0.245 e. The van der Waals surface area contributed by atoms with Crippen molar-refractivity contribution >= 4 is 44.1 Å². The Labute approximate surface area is 126 Å². The predicted molar refractivity (Wildman–Crippen MR) is 78.6 cm³/mol. The average Bonchev–Trinajstić information content (AvgIpc) is 2.36. The van der Waals surface area contributed by atoms with Crippen molar-refractivity contribution in [1.29, 1.82) is 0 Å². The topological polar surface area (TPSA) is 79.3 Å². The zero-order valence-electron chi connectivity index (χ0n) is 10.5. The average molecular weight is 335 g/mol. The van der Waals surface area contributed by atoms with E-state index in [1.54, 1.807) is 24.3 Å². The van der Waals surface area contributed by atoms with Crippen LogP contribution in [0.3, 0.4) is 0 Å². The number of halogens is 2. The van der Waals surface area contributed by atoms with E-state index in [0.717, 1.165) is 0 Å². The van der Waals surface area contributed by atoms with Gasteiger partial charge in [-0.25, -0.2) is 18.1 Å². The van der Waals surface area contributed by atoms with Crippen molar-refractivity contribution in [3.05, 3.63) is 34.4 Å². The second kappa shape index (κ2) is 5.83. The van der Waals surface area contributed by atoms with E-state index in [4.69, 9.17) is 28.3 Å². The third-order valence-corrected chi connectivity index (χ3v) is 4.96. The molecule has 2 rings (SSSR count). The summed E-state index contributed by atoms with van der Waals surface area (Å²) in [5, 5.41) is 9.47. The van der Waals surface area contributed by atoms with Gasteiger partial charge in [-0.2, -0.15) is 0 Å². The zero-order chi connectivity index (χ0) is 14.9. The van der Waals surface area contributed by atoms with E-state index in [0.29, 0.717) is 10.9 Å². The van der Waals surface area contributed by atoms with Crippen molar-refractivity contribution in [2.24, 2.45) is 0 Å². The summed E-state index contributed by atoms with van der Waals surface area (Å²) in [4.78, 5) is 3.75. The molecule has 2 aromatic rings. The van der Waals surface area contributed by atoms with Crippen LogP contribution >= 0.6 is 23.2 Å². The molecule has 0 aliphatic heterocycles. The van der Waals surface area contributed by atoms with Gasteiger partial charge in [-0.15, -0.1) is 0 Å². The molecular weight excluding hydrogens is 323 g/mol. The van der Waals surface area contributed by atoms with Gasteiger partial charge in [0.25, 0.3) is 0 Å². The summed E-state index contributed by atoms with van der Waals surface area (Å²) in [6, 6.07) is 6.83. The van der Waals surface area contributed by atoms with Crippen LogP contribution < -0.4 is 4.72 Å². The maximum atomic E-state index is 12.2. The summed E-state index contributed by atoms with van der Waals surface area (Å²) in [6.07, 6.45) is -0.823. The van der Waals surface area contributed by atoms with Crippen LogP contribution in [0.15, 0.2) is 29.2 Å². The van der Waals surface area contributed by atoms with E-state index in [2.05, 4.69) is 9.71 Å². The van der Waals surface area contributed by atoms with Crippen LogP contribution in [0.4, 0.5) is 0 Å². The first kappa shape index (κ1) is 15.5. The van der Waals surface area contributed by atoms with Gasteiger partial charge in [0.05, 0.1) is 16.6 Å². The molecule has 0 saturated heterocycles. The third kappa shape index (κ3) is 3.05. The Morgan fingerprint density at radius 1 is 1.35 bits per heavy atom. The molecule has 1 unspecified atom stereocenters. The minimum Gasteiger partial charge on any atom is -0.392 e. The highest BCUT2D eigenvalue weighted by molar-refractivity contribution is 7.89. The maximum absolute atomic E-state index is 12.2. The van der Waals surface area contributed by atoms with Crippen molar-refractivity contribution < 1.29 is 13.5 Å². The Hall–Kier alpha value is -0.920. The number of sulfonamides is 1. The second-order valence-corrected chi connectivity index (χ2v) is 6.70. The van der Waals surface area contributed by atoms with Crippen LogP contribution in [0.2, 0.25) is 10.2 Å². The van der Waals surface area contributed by atoms with Crippen molar-refractivity contribution in [3.8, 4) is 0 Å². The van der Waals surface area contributed by atoms with Crippen molar-refractivity contribution in [2.45, 2.75) is 17.9 Å². The van der Waals surface area contributed by atoms with Gasteiger partial charge < -0.3 is 5.11 Å². The van der Waals surface area contributed by atoms with Crippen molar-refractivity contribution in [2.75, 3.05) is 6.54 Å². The normalized spacial score (nSPS) is 13.6. The Balaban J connectivity index is 2.59. The molecule has 0 fully saturated rings. The Morgan fingerprint density at radius 2 is 2.00 bits per heavy atom. The quantitative estimate of drug-likeness (QED) is 0.840. The molecule has 0 saturated carbocycles. The van der Waals surface area contributed by atoms with E-state index >= 15 is 0 Å². The van der Waals surface area contributed by atoms with Crippen LogP contribution in [0.25, 0.3) is 10.9 Å². The number of nitrogens with zero attached hydrogens (tertiary/aromatic N) is 1. The molecule has 2 N–H and O–H groups in total. The van der Waals surface area contributed by atoms with Crippen LogP contribution in [0, 0.1) is 0 Å². The fourth-order valence-corrected chi connectivity index (χ4v) is 3.97. The molecule has 1 atom stereocenters. The number of hydrogen-bond acceptors (Lipinski definition) is 4. The standard InChI is InChI=1S/C12H12Cl2N2O3S/c1-7(17)6-15-20(18,19)11-10(13)8-4-2-3-5-9(8)16-12(11)14/h2-5,7,15,17H,6H2,1H3. The zero-order valence-corrected chi connectivity index (χ0v) is 12.8. The van der Waals surface area contributed by atoms with Gasteiger partial charge in [-0.05, 0) is 13.0 Å². The molecular formula is C12H12Cl2N2O3S. The third-order valence-electron chi connectivity index (χ3n) is 2.58. The van der Waals surface area contributed by atoms with Gasteiger partial charge in [0.15, 0.2) is 5.15 Å². The highest BCUT2D eigenvalue weighted by atomic mass is 35.5. The molecule has 0 bridgehead atoms. The largest absolute Gasteiger partial charge is 0.392 e. The van der Waals surface area contributed by atoms with E-state index in [1.807, 2.05) is 0 Å². The first-order valence-electron chi connectivity index (χ1n) is 5.74. The number of para-hydroxylation sites is 1. The van der Waals surface area contributed by atoms with Crippen molar-refractivity contribution in [1.82, 2.24) is 9.71 Å². The maximum Gasteiger partial charge on any atom is 0.245 e. The Morgan fingerprint density at radius 3 is 2.65 bits per heavy atom. The van der Waals surface area contributed by atoms with Gasteiger partial charge in [0.2, 0.25) is 10.0 Å². The molecule has 1 aromatic carbocycles. The monoisotopic (exact) mass is 334 g/mol. The van der Waals surface area contributed by atoms with Crippen molar-refractivity contribution in [3.63, 3.8) is 0 Å². The summed E-state index contributed by atoms with van der Waals surface area (Å²) in [5.74, 6) is 0. The van der Waals surface area contributed by atoms with E-state index in [1.165, 1.54) is 6.92 Å². The van der Waals surface area contributed by atoms with Gasteiger partial charge >= 0.3 is 0 Å². The van der Waals surface area contributed by atoms with Gasteiger partial charge in [-0.3, -0.25) is 0 Å². The number of benzene rings is 1. The molecule has 20 heavy (non-hydrogen) atoms. The van der Waals surface area contributed by atoms with Crippen LogP contribution in [0.1, 0.15) is 6.92 Å². The molecule has 8 heteroatoms. The lowest BCUT2D eigenvalue weighted by molar-refractivity contribution is 0.198. The van der Waals surface area contributed by atoms with E-state index in [-0.39, 0.29) is 21.6 Å². The molecule has 0 radical (unpaired) electrons. The number of aromatic nitrogens is 1. The number of pyridine rings is 1. The Bertz CT molecular complexity index is 748. The number of aliphatic hydroxyl groups is 1. The van der Waals surface area contributed by atoms with E-state index < -0.39 is 16.1 Å². The molecule has 1 heterocycles. The molecule has 5 nitrogen and oxygen atoms in total. The first-order chi connectivity index (χ1) is 9.33. The number of fused-ring (bicyclic) bond motifs is 1. The minimum atomic E-state index is -3.94. The number of hydrogen-bond donors (Lipinski definition) is 2. The predicted octanol–water partition coefficient (Wildman–Crippen LogP) is 2.20. The summed E-state index contributed by atoms with van der Waals surface area (Å²) in [7, 11) is -3.94. The molecule has 0 spiro atoms. The lowest BCUT2D eigenvalue weighted by Gasteiger charge is -2.12. The number of rotatable bonds is 4. The molecule has 0 aliphatic carbocycles. The van der Waals surface area contributed by atoms with Crippen LogP contribution in [0.5, 0.6) is 0 Å². The fraction of sp³-hybridized carbons (Fsp3) is 0.250. The first-order valence-corrected chi connectivity index (χ1v) is 7.98.